The van der Waals surface area contributed by atoms with E-state index in [9.17, 15) is 5.11 Å². The Kier molecular flexibility index (Phi) is 5.57. The minimum Gasteiger partial charge on any atom is -0.507 e. The Hall–Kier alpha value is -4.00. The van der Waals surface area contributed by atoms with Crippen molar-refractivity contribution >= 4 is 23.4 Å². The molecule has 1 atom stereocenters. The summed E-state index contributed by atoms with van der Waals surface area (Å²) in [6, 6.07) is 24.3. The van der Waals surface area contributed by atoms with E-state index in [-0.39, 0.29) is 11.8 Å². The van der Waals surface area contributed by atoms with Crippen LogP contribution in [0, 0.1) is 0 Å². The first kappa shape index (κ1) is 18.4. The average molecular weight is 382 g/mol. The number of amidine groups is 1. The highest BCUT2D eigenvalue weighted by molar-refractivity contribution is 5.87. The van der Waals surface area contributed by atoms with Gasteiger partial charge in [0, 0.05) is 18.1 Å². The molecule has 1 heterocycles. The van der Waals surface area contributed by atoms with Gasteiger partial charge < -0.3 is 5.11 Å². The van der Waals surface area contributed by atoms with Crippen molar-refractivity contribution in [3.05, 3.63) is 90.0 Å². The van der Waals surface area contributed by atoms with Crippen LogP contribution < -0.4 is 0 Å². The summed E-state index contributed by atoms with van der Waals surface area (Å²) >= 11 is 0. The summed E-state index contributed by atoms with van der Waals surface area (Å²) in [5.74, 6) is 0.608. The standard InChI is InChI=1S/C22H18N6O/c29-21-13-19(25-24-18-9-5-2-6-10-18)12-11-17(21)15-23-27-22-14-20(26-28-22)16-7-3-1-4-8-16/h1-13,15,20,29H,14H2/b23-15-,25-24?,27-22+/t20-/m1/s1. The average Bonchev–Trinajstić information content (AvgIpc) is 3.24. The van der Waals surface area contributed by atoms with Gasteiger partial charge in [-0.2, -0.15) is 20.4 Å². The maximum Gasteiger partial charge on any atom is 0.175 e. The van der Waals surface area contributed by atoms with Crippen LogP contribution in [0.5, 0.6) is 5.75 Å². The summed E-state index contributed by atoms with van der Waals surface area (Å²) in [7, 11) is 0. The molecule has 0 radical (unpaired) electrons. The first-order valence-corrected chi connectivity index (χ1v) is 9.13. The van der Waals surface area contributed by atoms with Gasteiger partial charge >= 0.3 is 0 Å². The molecule has 0 amide bonds. The van der Waals surface area contributed by atoms with E-state index >= 15 is 0 Å². The second-order valence-corrected chi connectivity index (χ2v) is 6.39. The van der Waals surface area contributed by atoms with E-state index in [2.05, 4.69) is 30.7 Å². The monoisotopic (exact) mass is 382 g/mol. The highest BCUT2D eigenvalue weighted by Gasteiger charge is 2.19. The molecule has 29 heavy (non-hydrogen) atoms. The Balaban J connectivity index is 1.39. The number of phenolic OH excluding ortho intramolecular Hbond substituents is 1. The molecule has 4 rings (SSSR count). The molecule has 0 aromatic heterocycles. The molecule has 142 valence electrons. The normalized spacial score (nSPS) is 17.7. The van der Waals surface area contributed by atoms with Crippen LogP contribution in [0.25, 0.3) is 0 Å². The summed E-state index contributed by atoms with van der Waals surface area (Å²) in [4.78, 5) is 0. The molecule has 0 unspecified atom stereocenters. The Bertz CT molecular complexity index is 1090. The van der Waals surface area contributed by atoms with Crippen LogP contribution in [0.2, 0.25) is 0 Å². The van der Waals surface area contributed by atoms with Gasteiger partial charge in [0.1, 0.15) is 11.8 Å². The van der Waals surface area contributed by atoms with E-state index in [1.165, 1.54) is 12.3 Å². The van der Waals surface area contributed by atoms with Gasteiger partial charge in [-0.1, -0.05) is 48.5 Å². The molecule has 0 spiro atoms. The lowest BCUT2D eigenvalue weighted by molar-refractivity contribution is 0.474. The van der Waals surface area contributed by atoms with Crippen molar-refractivity contribution < 1.29 is 5.11 Å². The van der Waals surface area contributed by atoms with Gasteiger partial charge in [-0.15, -0.1) is 10.2 Å². The number of azo groups is 2. The lowest BCUT2D eigenvalue weighted by Gasteiger charge is -2.03. The Labute approximate surface area is 167 Å². The zero-order chi connectivity index (χ0) is 19.9. The third-order valence-electron chi connectivity index (χ3n) is 4.29. The predicted molar refractivity (Wildman–Crippen MR) is 112 cm³/mol. The van der Waals surface area contributed by atoms with Crippen LogP contribution in [0.4, 0.5) is 11.4 Å². The molecule has 3 aromatic carbocycles. The molecular formula is C22H18N6O. The van der Waals surface area contributed by atoms with Gasteiger partial charge in [0.25, 0.3) is 0 Å². The summed E-state index contributed by atoms with van der Waals surface area (Å²) in [5.41, 5.74) is 2.92. The fourth-order valence-corrected chi connectivity index (χ4v) is 2.78. The molecule has 1 aliphatic heterocycles. The number of phenols is 1. The van der Waals surface area contributed by atoms with Gasteiger partial charge in [0.2, 0.25) is 0 Å². The van der Waals surface area contributed by atoms with E-state index in [4.69, 9.17) is 0 Å². The van der Waals surface area contributed by atoms with Crippen LogP contribution in [0.1, 0.15) is 23.6 Å². The minimum atomic E-state index is -0.0205. The molecular weight excluding hydrogens is 364 g/mol. The van der Waals surface area contributed by atoms with E-state index in [1.54, 1.807) is 12.1 Å². The van der Waals surface area contributed by atoms with E-state index in [0.717, 1.165) is 11.3 Å². The van der Waals surface area contributed by atoms with Crippen molar-refractivity contribution in [3.63, 3.8) is 0 Å². The molecule has 0 fully saturated rings. The van der Waals surface area contributed by atoms with Crippen molar-refractivity contribution in [3.8, 4) is 5.75 Å². The zero-order valence-electron chi connectivity index (χ0n) is 15.5. The van der Waals surface area contributed by atoms with E-state index < -0.39 is 0 Å². The van der Waals surface area contributed by atoms with Crippen molar-refractivity contribution in [1.29, 1.82) is 0 Å². The van der Waals surface area contributed by atoms with Gasteiger partial charge in [0.15, 0.2) is 5.84 Å². The molecule has 0 bridgehead atoms. The van der Waals surface area contributed by atoms with Crippen molar-refractivity contribution in [2.75, 3.05) is 0 Å². The molecule has 3 aromatic rings. The second-order valence-electron chi connectivity index (χ2n) is 6.39. The number of hydrogen-bond donors (Lipinski definition) is 1. The number of rotatable bonds is 5. The summed E-state index contributed by atoms with van der Waals surface area (Å²) < 4.78 is 0. The van der Waals surface area contributed by atoms with Crippen LogP contribution in [-0.4, -0.2) is 17.2 Å². The summed E-state index contributed by atoms with van der Waals surface area (Å²) in [6.07, 6.45) is 2.08. The number of benzene rings is 3. The first-order valence-electron chi connectivity index (χ1n) is 9.13. The quantitative estimate of drug-likeness (QED) is 0.320. The minimum absolute atomic E-state index is 0.0205. The second kappa shape index (κ2) is 8.79. The molecule has 1 N–H and O–H groups in total. The highest BCUT2D eigenvalue weighted by Crippen LogP contribution is 2.28. The van der Waals surface area contributed by atoms with E-state index in [1.807, 2.05) is 60.7 Å². The number of nitrogens with zero attached hydrogens (tertiary/aromatic N) is 6. The van der Waals surface area contributed by atoms with Gasteiger partial charge in [-0.05, 0) is 29.8 Å². The predicted octanol–water partition coefficient (Wildman–Crippen LogP) is 6.14. The van der Waals surface area contributed by atoms with Crippen LogP contribution in [0.3, 0.4) is 0 Å². The lowest BCUT2D eigenvalue weighted by atomic mass is 10.1. The van der Waals surface area contributed by atoms with E-state index in [0.29, 0.717) is 23.5 Å². The fraction of sp³-hybridized carbons (Fsp3) is 0.0909. The first-order chi connectivity index (χ1) is 14.3. The van der Waals surface area contributed by atoms with Gasteiger partial charge in [0.05, 0.1) is 17.6 Å². The van der Waals surface area contributed by atoms with Gasteiger partial charge in [-0.25, -0.2) is 0 Å². The van der Waals surface area contributed by atoms with Crippen molar-refractivity contribution in [2.45, 2.75) is 12.5 Å². The zero-order valence-corrected chi connectivity index (χ0v) is 15.5. The SMILES string of the molecule is Oc1cc(N=Nc2ccccc2)ccc1/C=N\N=C1/C[C@H](c2ccccc2)N=N1. The number of hydrogen-bond acceptors (Lipinski definition) is 6. The Morgan fingerprint density at radius 2 is 1.59 bits per heavy atom. The molecule has 7 nitrogen and oxygen atoms in total. The summed E-state index contributed by atoms with van der Waals surface area (Å²) in [5, 5.41) is 34.9. The third-order valence-corrected chi connectivity index (χ3v) is 4.29. The van der Waals surface area contributed by atoms with Crippen molar-refractivity contribution in [1.82, 2.24) is 0 Å². The van der Waals surface area contributed by atoms with Crippen LogP contribution in [0.15, 0.2) is 110 Å². The molecule has 1 aliphatic rings. The smallest absolute Gasteiger partial charge is 0.175 e. The maximum atomic E-state index is 10.2. The molecule has 0 saturated carbocycles. The largest absolute Gasteiger partial charge is 0.507 e. The molecule has 0 aliphatic carbocycles. The maximum absolute atomic E-state index is 10.2. The number of aromatic hydroxyl groups is 1. The molecule has 7 heteroatoms. The summed E-state index contributed by atoms with van der Waals surface area (Å²) in [6.45, 7) is 0. The topological polar surface area (TPSA) is 94.4 Å². The fourth-order valence-electron chi connectivity index (χ4n) is 2.78. The third kappa shape index (κ3) is 4.84. The Morgan fingerprint density at radius 1 is 0.862 bits per heavy atom. The van der Waals surface area contributed by atoms with Crippen LogP contribution in [-0.2, 0) is 0 Å². The Morgan fingerprint density at radius 3 is 2.34 bits per heavy atom. The lowest BCUT2D eigenvalue weighted by Crippen LogP contribution is -1.95. The van der Waals surface area contributed by atoms with Gasteiger partial charge in [-0.3, -0.25) is 0 Å². The van der Waals surface area contributed by atoms with Crippen molar-refractivity contribution in [2.24, 2.45) is 30.7 Å². The highest BCUT2D eigenvalue weighted by atomic mass is 16.3. The van der Waals surface area contributed by atoms with Crippen LogP contribution >= 0.6 is 0 Å². The molecule has 0 saturated heterocycles.